The van der Waals surface area contributed by atoms with Crippen LogP contribution in [0.4, 0.5) is 21.7 Å². The average Bonchev–Trinajstić information content (AvgIpc) is 2.67. The lowest BCUT2D eigenvalue weighted by molar-refractivity contribution is -0.114. The normalized spacial score (nSPS) is 10.2. The lowest BCUT2D eigenvalue weighted by Crippen LogP contribution is -2.23. The minimum atomic E-state index is -0.401. The maximum Gasteiger partial charge on any atom is 0.254 e. The predicted octanol–water partition coefficient (Wildman–Crippen LogP) is 3.25. The van der Waals surface area contributed by atoms with E-state index in [1.807, 2.05) is 0 Å². The molecule has 0 saturated heterocycles. The van der Waals surface area contributed by atoms with E-state index in [1.165, 1.54) is 25.4 Å². The van der Waals surface area contributed by atoms with Gasteiger partial charge in [0.15, 0.2) is 0 Å². The van der Waals surface area contributed by atoms with Gasteiger partial charge in [-0.25, -0.2) is 14.4 Å². The Hall–Kier alpha value is -3.81. The smallest absolute Gasteiger partial charge is 0.254 e. The van der Waals surface area contributed by atoms with E-state index in [2.05, 4.69) is 25.9 Å². The molecule has 7 nitrogen and oxygen atoms in total. The number of carbonyl (C=O) groups is 2. The predicted molar refractivity (Wildman–Crippen MR) is 104 cm³/mol. The molecule has 142 valence electrons. The van der Waals surface area contributed by atoms with Gasteiger partial charge in [0, 0.05) is 42.8 Å². The molecule has 2 amide bonds. The van der Waals surface area contributed by atoms with Gasteiger partial charge in [-0.15, -0.1) is 0 Å². The fourth-order valence-corrected chi connectivity index (χ4v) is 2.44. The first-order chi connectivity index (χ1) is 13.5. The molecule has 1 aromatic heterocycles. The third-order valence-electron chi connectivity index (χ3n) is 3.75. The van der Waals surface area contributed by atoms with E-state index in [-0.39, 0.29) is 23.8 Å². The Balaban J connectivity index is 1.61. The summed E-state index contributed by atoms with van der Waals surface area (Å²) in [6.45, 7) is 1.50. The molecule has 0 atom stereocenters. The summed E-state index contributed by atoms with van der Waals surface area (Å²) in [5.41, 5.74) is 1.98. The Kier molecular flexibility index (Phi) is 5.91. The van der Waals surface area contributed by atoms with Crippen LogP contribution in [0.15, 0.2) is 60.9 Å². The van der Waals surface area contributed by atoms with Crippen LogP contribution in [-0.2, 0) is 11.3 Å². The van der Waals surface area contributed by atoms with Gasteiger partial charge in [-0.2, -0.15) is 0 Å². The van der Waals surface area contributed by atoms with Crippen molar-refractivity contribution in [1.29, 1.82) is 0 Å². The number of nitrogens with zero attached hydrogens (tertiary/aromatic N) is 2. The van der Waals surface area contributed by atoms with E-state index in [4.69, 9.17) is 0 Å². The highest BCUT2D eigenvalue weighted by Gasteiger charge is 2.09. The Morgan fingerprint density at radius 3 is 2.43 bits per heavy atom. The second-order valence-corrected chi connectivity index (χ2v) is 5.96. The third kappa shape index (κ3) is 5.10. The summed E-state index contributed by atoms with van der Waals surface area (Å²) in [6, 6.07) is 13.3. The number of benzene rings is 2. The van der Waals surface area contributed by atoms with Gasteiger partial charge in [-0.1, -0.05) is 24.3 Å². The fourth-order valence-electron chi connectivity index (χ4n) is 2.44. The van der Waals surface area contributed by atoms with Crippen molar-refractivity contribution < 1.29 is 14.0 Å². The summed E-state index contributed by atoms with van der Waals surface area (Å²) >= 11 is 0. The zero-order valence-electron chi connectivity index (χ0n) is 15.1. The maximum atomic E-state index is 13.6. The lowest BCUT2D eigenvalue weighted by Gasteiger charge is -2.08. The SMILES string of the molecule is CC(=O)Nc1cccc(Nc2ncc(C(=O)NCc3ccccc3F)cn2)c1. The molecular weight excluding hydrogens is 361 g/mol. The van der Waals surface area contributed by atoms with Crippen molar-refractivity contribution in [2.24, 2.45) is 0 Å². The first-order valence-corrected chi connectivity index (χ1v) is 8.49. The zero-order chi connectivity index (χ0) is 19.9. The molecule has 0 fully saturated rings. The van der Waals surface area contributed by atoms with Crippen LogP contribution in [0.1, 0.15) is 22.8 Å². The van der Waals surface area contributed by atoms with E-state index in [0.717, 1.165) is 0 Å². The number of amides is 2. The zero-order valence-corrected chi connectivity index (χ0v) is 15.1. The fraction of sp³-hybridized carbons (Fsp3) is 0.100. The van der Waals surface area contributed by atoms with Crippen LogP contribution >= 0.6 is 0 Å². The Morgan fingerprint density at radius 2 is 1.71 bits per heavy atom. The Bertz CT molecular complexity index is 992. The van der Waals surface area contributed by atoms with Crippen molar-refractivity contribution in [1.82, 2.24) is 15.3 Å². The number of hydrogen-bond donors (Lipinski definition) is 3. The number of rotatable bonds is 6. The molecule has 8 heteroatoms. The summed E-state index contributed by atoms with van der Waals surface area (Å²) < 4.78 is 13.6. The third-order valence-corrected chi connectivity index (χ3v) is 3.75. The number of hydrogen-bond acceptors (Lipinski definition) is 5. The molecular formula is C20H18FN5O2. The quantitative estimate of drug-likeness (QED) is 0.611. The molecule has 3 N–H and O–H groups in total. The highest BCUT2D eigenvalue weighted by atomic mass is 19.1. The van der Waals surface area contributed by atoms with Gasteiger partial charge in [0.25, 0.3) is 5.91 Å². The van der Waals surface area contributed by atoms with Crippen molar-refractivity contribution in [2.45, 2.75) is 13.5 Å². The summed E-state index contributed by atoms with van der Waals surface area (Å²) in [5.74, 6) is -0.646. The Labute approximate surface area is 161 Å². The second kappa shape index (κ2) is 8.72. The standard InChI is InChI=1S/C20H18FN5O2/c1-13(27)25-16-6-4-7-17(9-16)26-20-23-11-15(12-24-20)19(28)22-10-14-5-2-3-8-18(14)21/h2-9,11-12H,10H2,1H3,(H,22,28)(H,25,27)(H,23,24,26). The average molecular weight is 379 g/mol. The molecule has 2 aromatic carbocycles. The van der Waals surface area contributed by atoms with E-state index in [0.29, 0.717) is 22.9 Å². The molecule has 0 saturated carbocycles. The minimum Gasteiger partial charge on any atom is -0.348 e. The summed E-state index contributed by atoms with van der Waals surface area (Å²) in [5, 5.41) is 8.31. The topological polar surface area (TPSA) is 96.0 Å². The molecule has 3 rings (SSSR count). The first-order valence-electron chi connectivity index (χ1n) is 8.49. The highest BCUT2D eigenvalue weighted by Crippen LogP contribution is 2.18. The first kappa shape index (κ1) is 19.0. The molecule has 0 aliphatic heterocycles. The highest BCUT2D eigenvalue weighted by molar-refractivity contribution is 5.93. The molecule has 3 aromatic rings. The van der Waals surface area contributed by atoms with Crippen LogP contribution in [-0.4, -0.2) is 21.8 Å². The van der Waals surface area contributed by atoms with E-state index in [1.54, 1.807) is 42.5 Å². The monoisotopic (exact) mass is 379 g/mol. The molecule has 0 bridgehead atoms. The summed E-state index contributed by atoms with van der Waals surface area (Å²) in [7, 11) is 0. The molecule has 0 radical (unpaired) electrons. The van der Waals surface area contributed by atoms with Gasteiger partial charge in [-0.05, 0) is 24.3 Å². The Morgan fingerprint density at radius 1 is 1.00 bits per heavy atom. The molecule has 28 heavy (non-hydrogen) atoms. The van der Waals surface area contributed by atoms with Crippen molar-refractivity contribution in [3.8, 4) is 0 Å². The number of aromatic nitrogens is 2. The van der Waals surface area contributed by atoms with Crippen molar-refractivity contribution in [3.05, 3.63) is 77.9 Å². The van der Waals surface area contributed by atoms with Crippen LogP contribution in [0.3, 0.4) is 0 Å². The van der Waals surface area contributed by atoms with Crippen LogP contribution in [0.5, 0.6) is 0 Å². The number of nitrogens with one attached hydrogen (secondary N) is 3. The van der Waals surface area contributed by atoms with Gasteiger partial charge in [0.2, 0.25) is 11.9 Å². The van der Waals surface area contributed by atoms with Crippen molar-refractivity contribution in [2.75, 3.05) is 10.6 Å². The van der Waals surface area contributed by atoms with Gasteiger partial charge < -0.3 is 16.0 Å². The molecule has 0 unspecified atom stereocenters. The van der Waals surface area contributed by atoms with E-state index in [9.17, 15) is 14.0 Å². The van der Waals surface area contributed by atoms with Crippen LogP contribution < -0.4 is 16.0 Å². The van der Waals surface area contributed by atoms with Crippen LogP contribution in [0, 0.1) is 5.82 Å². The molecule has 0 aliphatic rings. The molecule has 1 heterocycles. The van der Waals surface area contributed by atoms with Crippen LogP contribution in [0.25, 0.3) is 0 Å². The van der Waals surface area contributed by atoms with Crippen LogP contribution in [0.2, 0.25) is 0 Å². The number of carbonyl (C=O) groups excluding carboxylic acids is 2. The molecule has 0 spiro atoms. The maximum absolute atomic E-state index is 13.6. The minimum absolute atomic E-state index is 0.0709. The van der Waals surface area contributed by atoms with Gasteiger partial charge in [0.05, 0.1) is 5.56 Å². The van der Waals surface area contributed by atoms with Gasteiger partial charge in [-0.3, -0.25) is 9.59 Å². The summed E-state index contributed by atoms with van der Waals surface area (Å²) in [4.78, 5) is 31.5. The number of anilines is 3. The summed E-state index contributed by atoms with van der Waals surface area (Å²) in [6.07, 6.45) is 2.76. The van der Waals surface area contributed by atoms with E-state index >= 15 is 0 Å². The van der Waals surface area contributed by atoms with Crippen molar-refractivity contribution >= 4 is 29.1 Å². The number of halogens is 1. The van der Waals surface area contributed by atoms with Crippen molar-refractivity contribution in [3.63, 3.8) is 0 Å². The van der Waals surface area contributed by atoms with Gasteiger partial charge >= 0.3 is 0 Å². The second-order valence-electron chi connectivity index (χ2n) is 5.96. The lowest BCUT2D eigenvalue weighted by atomic mass is 10.2. The van der Waals surface area contributed by atoms with Gasteiger partial charge in [0.1, 0.15) is 5.82 Å². The van der Waals surface area contributed by atoms with E-state index < -0.39 is 5.91 Å². The largest absolute Gasteiger partial charge is 0.348 e. The molecule has 0 aliphatic carbocycles.